The fourth-order valence-corrected chi connectivity index (χ4v) is 1.14. The molecule has 0 bridgehead atoms. The second kappa shape index (κ2) is 22.9. The van der Waals surface area contributed by atoms with Crippen LogP contribution in [0, 0.1) is 6.07 Å². The quantitative estimate of drug-likeness (QED) is 0.185. The number of benzene rings is 1. The van der Waals surface area contributed by atoms with E-state index in [-0.39, 0.29) is 27.2 Å². The third kappa shape index (κ3) is 31.6. The van der Waals surface area contributed by atoms with Crippen LogP contribution in [0.25, 0.3) is 0 Å². The predicted molar refractivity (Wildman–Crippen MR) is 87.1 cm³/mol. The van der Waals surface area contributed by atoms with Crippen LogP contribution in [0.1, 0.15) is 26.3 Å². The van der Waals surface area contributed by atoms with Gasteiger partial charge in [0.25, 0.3) is 0 Å². The van der Waals surface area contributed by atoms with Gasteiger partial charge < -0.3 is 48.7 Å². The van der Waals surface area contributed by atoms with Gasteiger partial charge in [0, 0.05) is 51.2 Å². The van der Waals surface area contributed by atoms with E-state index in [2.05, 4.69) is 6.07 Å². The summed E-state index contributed by atoms with van der Waals surface area (Å²) in [6.07, 6.45) is 0. The van der Waals surface area contributed by atoms with Gasteiger partial charge in [-0.3, -0.25) is 0 Å². The monoisotopic (exact) mass is 494 g/mol. The molecule has 0 atom stereocenters. The van der Waals surface area contributed by atoms with Crippen molar-refractivity contribution in [1.29, 1.82) is 0 Å². The normalized spacial score (nSPS) is 8.07. The van der Waals surface area contributed by atoms with Crippen molar-refractivity contribution in [1.82, 2.24) is 0 Å². The molecular formula is C17H24O10Pd-4. The predicted octanol–water partition coefficient (Wildman–Crippen LogP) is -2.11. The van der Waals surface area contributed by atoms with E-state index >= 15 is 0 Å². The van der Waals surface area contributed by atoms with E-state index in [1.54, 1.807) is 27.4 Å². The number of ether oxygens (including phenoxy) is 4. The van der Waals surface area contributed by atoms with Crippen LogP contribution in [-0.2, 0) is 50.9 Å². The Labute approximate surface area is 178 Å². The van der Waals surface area contributed by atoms with Gasteiger partial charge in [0.05, 0.1) is 26.6 Å². The second-order valence-corrected chi connectivity index (χ2v) is 4.32. The largest absolute Gasteiger partial charge is 0.551 e. The second-order valence-electron chi connectivity index (χ2n) is 4.32. The van der Waals surface area contributed by atoms with Crippen molar-refractivity contribution in [2.75, 3.05) is 28.1 Å². The number of methoxy groups -OCH3 is 3. The molecule has 1 aromatic carbocycles. The van der Waals surface area contributed by atoms with Gasteiger partial charge in [0.15, 0.2) is 0 Å². The van der Waals surface area contributed by atoms with Crippen LogP contribution in [-0.4, -0.2) is 46.0 Å². The zero-order chi connectivity index (χ0) is 21.8. The fraction of sp³-hybridized carbons (Fsp3) is 0.471. The van der Waals surface area contributed by atoms with Crippen molar-refractivity contribution in [3.8, 4) is 11.5 Å². The van der Waals surface area contributed by atoms with Crippen molar-refractivity contribution < 1.29 is 69.1 Å². The van der Waals surface area contributed by atoms with Gasteiger partial charge in [-0.25, -0.2) is 0 Å². The number of carboxylic acids is 3. The Kier molecular flexibility index (Phi) is 27.3. The zero-order valence-corrected chi connectivity index (χ0v) is 18.0. The summed E-state index contributed by atoms with van der Waals surface area (Å²) in [6, 6.07) is 6.59. The standard InChI is InChI=1S/C11H15O4.3C2H4O2.Pd/c1-12-8-15-7-9-4-5-10(13-2)11(6-9)14-3;3*1-2(3)4;/h5-6H,7-8H2,1-3H3;3*1H3,(H,3,4);/q-1;;;;/p-3. The average molecular weight is 495 g/mol. The number of carbonyl (C=O) groups is 3. The van der Waals surface area contributed by atoms with Crippen LogP contribution in [0.2, 0.25) is 0 Å². The summed E-state index contributed by atoms with van der Waals surface area (Å²) in [5.41, 5.74) is 0.893. The van der Waals surface area contributed by atoms with Gasteiger partial charge in [0.1, 0.15) is 6.79 Å². The third-order valence-electron chi connectivity index (χ3n) is 1.84. The molecule has 10 nitrogen and oxygen atoms in total. The first-order chi connectivity index (χ1) is 12.5. The minimum Gasteiger partial charge on any atom is -0.551 e. The van der Waals surface area contributed by atoms with E-state index in [1.165, 1.54) is 0 Å². The minimum atomic E-state index is -1.08. The van der Waals surface area contributed by atoms with Gasteiger partial charge >= 0.3 is 0 Å². The van der Waals surface area contributed by atoms with Gasteiger partial charge in [-0.1, -0.05) is 0 Å². The van der Waals surface area contributed by atoms with Crippen molar-refractivity contribution >= 4 is 17.9 Å². The number of carboxylic acid groups (broad SMARTS) is 3. The maximum absolute atomic E-state index is 8.89. The first-order valence-corrected chi connectivity index (χ1v) is 7.23. The maximum Gasteiger partial charge on any atom is 0.146 e. The topological polar surface area (TPSA) is 157 Å². The van der Waals surface area contributed by atoms with Crippen LogP contribution in [0.15, 0.2) is 12.1 Å². The number of rotatable bonds is 6. The Morgan fingerprint density at radius 3 is 1.61 bits per heavy atom. The SMILES string of the molecule is CC(=O)[O-].CC(=O)[O-].CC(=O)[O-].COCOCc1[c-]cc(OC)c(OC)c1.[Pd]. The molecule has 0 aromatic heterocycles. The molecule has 0 aliphatic heterocycles. The molecule has 0 spiro atoms. The van der Waals surface area contributed by atoms with Crippen molar-refractivity contribution in [3.05, 3.63) is 23.8 Å². The summed E-state index contributed by atoms with van der Waals surface area (Å²) in [5, 5.41) is 26.7. The summed E-state index contributed by atoms with van der Waals surface area (Å²) in [7, 11) is 4.77. The molecule has 0 N–H and O–H groups in total. The minimum absolute atomic E-state index is 0. The van der Waals surface area contributed by atoms with Crippen LogP contribution in [0.4, 0.5) is 0 Å². The summed E-state index contributed by atoms with van der Waals surface area (Å²) in [5.74, 6) is -1.92. The molecule has 0 aliphatic carbocycles. The summed E-state index contributed by atoms with van der Waals surface area (Å²) in [6.45, 7) is 3.62. The number of hydrogen-bond donors (Lipinski definition) is 0. The molecular weight excluding hydrogens is 471 g/mol. The van der Waals surface area contributed by atoms with E-state index in [0.717, 1.165) is 26.3 Å². The summed E-state index contributed by atoms with van der Waals surface area (Å²) in [4.78, 5) is 26.7. The van der Waals surface area contributed by atoms with E-state index in [9.17, 15) is 0 Å². The van der Waals surface area contributed by atoms with Crippen LogP contribution in [0.5, 0.6) is 11.5 Å². The Morgan fingerprint density at radius 2 is 1.29 bits per heavy atom. The fourth-order valence-electron chi connectivity index (χ4n) is 1.14. The van der Waals surface area contributed by atoms with Gasteiger partial charge in [-0.15, -0.1) is 17.7 Å². The number of aliphatic carboxylic acids is 3. The first kappa shape index (κ1) is 33.4. The molecule has 0 amide bonds. The zero-order valence-electron chi connectivity index (χ0n) is 16.5. The van der Waals surface area contributed by atoms with Crippen LogP contribution in [0.3, 0.4) is 0 Å². The van der Waals surface area contributed by atoms with Crippen molar-refractivity contribution in [3.63, 3.8) is 0 Å². The molecule has 1 aromatic rings. The molecule has 11 heteroatoms. The van der Waals surface area contributed by atoms with Gasteiger partial charge in [-0.2, -0.15) is 6.07 Å². The Bertz CT molecular complexity index is 508. The molecule has 166 valence electrons. The van der Waals surface area contributed by atoms with Gasteiger partial charge in [-0.05, 0) is 20.8 Å². The Balaban J connectivity index is -0.000000183. The summed E-state index contributed by atoms with van der Waals surface area (Å²) < 4.78 is 20.2. The van der Waals surface area contributed by atoms with E-state index in [1.807, 2.05) is 6.07 Å². The van der Waals surface area contributed by atoms with Crippen LogP contribution >= 0.6 is 0 Å². The van der Waals surface area contributed by atoms with Crippen molar-refractivity contribution in [2.24, 2.45) is 0 Å². The smallest absolute Gasteiger partial charge is 0.146 e. The molecule has 0 heterocycles. The Hall–Kier alpha value is -2.19. The van der Waals surface area contributed by atoms with Crippen molar-refractivity contribution in [2.45, 2.75) is 27.4 Å². The van der Waals surface area contributed by atoms with E-state index in [0.29, 0.717) is 18.1 Å². The molecule has 0 saturated carbocycles. The van der Waals surface area contributed by atoms with Gasteiger partial charge in [0.2, 0.25) is 0 Å². The van der Waals surface area contributed by atoms with E-state index in [4.69, 9.17) is 48.7 Å². The summed E-state index contributed by atoms with van der Waals surface area (Å²) >= 11 is 0. The Morgan fingerprint density at radius 1 is 0.893 bits per heavy atom. The molecule has 0 aliphatic rings. The maximum atomic E-state index is 8.89. The molecule has 28 heavy (non-hydrogen) atoms. The van der Waals surface area contributed by atoms with E-state index < -0.39 is 17.9 Å². The number of hydrogen-bond acceptors (Lipinski definition) is 10. The average Bonchev–Trinajstić information content (AvgIpc) is 2.53. The molecule has 0 fully saturated rings. The van der Waals surface area contributed by atoms with Crippen LogP contribution < -0.4 is 24.8 Å². The molecule has 0 saturated heterocycles. The third-order valence-corrected chi connectivity index (χ3v) is 1.84. The molecule has 1 rings (SSSR count). The first-order valence-electron chi connectivity index (χ1n) is 7.23. The molecule has 0 radical (unpaired) electrons. The number of carbonyl (C=O) groups excluding carboxylic acids is 3. The molecule has 0 unspecified atom stereocenters.